The number of aliphatic hydroxyl groups is 4. The minimum atomic E-state index is -2.77. The minimum Gasteiger partial charge on any atom is -0.394 e. The van der Waals surface area contributed by atoms with Crippen LogP contribution in [0.5, 0.6) is 0 Å². The third-order valence-corrected chi connectivity index (χ3v) is 10.8. The highest BCUT2D eigenvalue weighted by atomic mass is 16.3. The largest absolute Gasteiger partial charge is 0.394 e. The molecule has 8 N–H and O–H groups in total. The minimum absolute atomic E-state index is 0.0275. The molecule has 0 fully saturated rings. The first-order valence-electron chi connectivity index (χ1n) is 19.6. The van der Waals surface area contributed by atoms with Crippen molar-refractivity contribution in [2.24, 2.45) is 0 Å². The molecule has 0 radical (unpaired) electrons. The Morgan fingerprint density at radius 2 is 1.03 bits per heavy atom. The van der Waals surface area contributed by atoms with Crippen LogP contribution in [0.15, 0.2) is 70.5 Å². The second kappa shape index (κ2) is 17.2. The number of pyridine rings is 4. The molecule has 4 heterocycles. The van der Waals surface area contributed by atoms with E-state index >= 15 is 0 Å². The van der Waals surface area contributed by atoms with Crippen molar-refractivity contribution < 1.29 is 39.6 Å². The van der Waals surface area contributed by atoms with Gasteiger partial charge in [0.05, 0.1) is 57.2 Å². The van der Waals surface area contributed by atoms with Gasteiger partial charge >= 0.3 is 0 Å². The maximum Gasteiger partial charge on any atom is 0.273 e. The van der Waals surface area contributed by atoms with Crippen LogP contribution in [-0.2, 0) is 21.0 Å². The average molecular weight is 837 g/mol. The van der Waals surface area contributed by atoms with Gasteiger partial charge in [-0.05, 0) is 57.4 Å². The van der Waals surface area contributed by atoms with E-state index in [0.29, 0.717) is 30.9 Å². The van der Waals surface area contributed by atoms with Crippen LogP contribution >= 0.6 is 0 Å². The lowest BCUT2D eigenvalue weighted by Gasteiger charge is -2.32. The molecule has 4 atom stereocenters. The Bertz CT molecular complexity index is 2680. The van der Waals surface area contributed by atoms with Gasteiger partial charge < -0.3 is 41.7 Å². The Hall–Kier alpha value is -6.60. The normalized spacial score (nSPS) is 14.6. The Labute approximate surface area is 348 Å². The molecule has 4 unspecified atom stereocenters. The quantitative estimate of drug-likeness (QED) is 0.0712. The topological polar surface area (TPSA) is 267 Å². The van der Waals surface area contributed by atoms with Gasteiger partial charge in [0, 0.05) is 62.2 Å². The number of fused-ring (bicyclic) bond motifs is 4. The van der Waals surface area contributed by atoms with Crippen molar-refractivity contribution in [2.45, 2.75) is 70.5 Å². The predicted molar refractivity (Wildman–Crippen MR) is 227 cm³/mol. The molecule has 0 saturated carbocycles. The van der Waals surface area contributed by atoms with Crippen LogP contribution in [0.4, 0.5) is 0 Å². The van der Waals surface area contributed by atoms with Crippen LogP contribution in [0.2, 0.25) is 0 Å². The highest BCUT2D eigenvalue weighted by Gasteiger charge is 2.43. The van der Waals surface area contributed by atoms with E-state index in [-0.39, 0.29) is 32.9 Å². The van der Waals surface area contributed by atoms with Crippen molar-refractivity contribution in [3.8, 4) is 0 Å². The first-order valence-corrected chi connectivity index (χ1v) is 19.6. The van der Waals surface area contributed by atoms with Gasteiger partial charge in [-0.3, -0.25) is 37.9 Å². The van der Waals surface area contributed by atoms with E-state index in [4.69, 9.17) is 0 Å². The fourth-order valence-corrected chi connectivity index (χ4v) is 7.43. The molecule has 0 spiro atoms. The Morgan fingerprint density at radius 3 is 1.38 bits per heavy atom. The molecule has 6 aromatic rings. The molecule has 2 aromatic carbocycles. The third-order valence-electron chi connectivity index (χ3n) is 10.8. The van der Waals surface area contributed by atoms with E-state index in [1.807, 2.05) is 0 Å². The Balaban J connectivity index is 1.50. The second-order valence-corrected chi connectivity index (χ2v) is 15.3. The molecule has 4 aromatic heterocycles. The van der Waals surface area contributed by atoms with Gasteiger partial charge in [0.2, 0.25) is 11.4 Å². The molecule has 4 amide bonds. The molecule has 61 heavy (non-hydrogen) atoms. The van der Waals surface area contributed by atoms with Crippen LogP contribution in [0.3, 0.4) is 0 Å². The number of nitrogens with zero attached hydrogens (tertiary/aromatic N) is 4. The number of hydrogen-bond donors (Lipinski definition) is 8. The number of rotatable bonds is 14. The zero-order valence-electron chi connectivity index (χ0n) is 34.5. The summed E-state index contributed by atoms with van der Waals surface area (Å²) >= 11 is 0. The lowest BCUT2D eigenvalue weighted by molar-refractivity contribution is -0.157. The van der Waals surface area contributed by atoms with Crippen molar-refractivity contribution in [1.82, 2.24) is 40.4 Å². The lowest BCUT2D eigenvalue weighted by Crippen LogP contribution is -2.54. The molecular formula is C43H48N8O10. The van der Waals surface area contributed by atoms with Crippen molar-refractivity contribution in [2.75, 3.05) is 27.3 Å². The molecule has 0 saturated heterocycles. The van der Waals surface area contributed by atoms with Crippen LogP contribution in [0, 0.1) is 13.8 Å². The van der Waals surface area contributed by atoms with Crippen molar-refractivity contribution in [1.29, 1.82) is 0 Å². The van der Waals surface area contributed by atoms with Gasteiger partial charge in [-0.2, -0.15) is 0 Å². The number of hydrogen-bond acceptors (Lipinski definition) is 12. The smallest absolute Gasteiger partial charge is 0.273 e. The zero-order valence-corrected chi connectivity index (χ0v) is 34.5. The molecule has 18 nitrogen and oxygen atoms in total. The lowest BCUT2D eigenvalue weighted by atomic mass is 9.97. The van der Waals surface area contributed by atoms with Gasteiger partial charge in [0.25, 0.3) is 34.7 Å². The van der Waals surface area contributed by atoms with Crippen LogP contribution < -0.4 is 32.4 Å². The fourth-order valence-electron chi connectivity index (χ4n) is 7.43. The van der Waals surface area contributed by atoms with Gasteiger partial charge in [0.1, 0.15) is 0 Å². The van der Waals surface area contributed by atoms with E-state index < -0.39 is 90.8 Å². The number of nitrogens with one attached hydrogen (secondary N) is 4. The van der Waals surface area contributed by atoms with Crippen molar-refractivity contribution >= 4 is 67.2 Å². The van der Waals surface area contributed by atoms with Crippen LogP contribution in [0.1, 0.15) is 65.0 Å². The van der Waals surface area contributed by atoms with E-state index in [9.17, 15) is 49.2 Å². The summed E-state index contributed by atoms with van der Waals surface area (Å²) < 4.78 is 1.36. The number of carbonyl (C=O) groups excluding carboxylic acids is 4. The van der Waals surface area contributed by atoms with Crippen molar-refractivity contribution in [3.63, 3.8) is 0 Å². The zero-order chi connectivity index (χ0) is 44.6. The summed E-state index contributed by atoms with van der Waals surface area (Å²) in [6.07, 6.45) is 0.222. The number of likely N-dealkylation sites (N-methyl/N-ethyl adjacent to an activating group) is 2. The Morgan fingerprint density at radius 1 is 0.656 bits per heavy atom. The van der Waals surface area contributed by atoms with Gasteiger partial charge in [0.15, 0.2) is 0 Å². The Kier molecular flexibility index (Phi) is 12.4. The standard InChI is InChI=1S/C43H48N8O10/c1-22-10-7-12-26-16-28-34(48-32(22)26)30(36(54)46-24(3)20-52)18-50(38(28)56)42(60,40(58)44-5)14-9-15-43(61,41(59)45-6)51-19-31(37(55)47-25(4)21-53)35-29(39(51)57)17-27-13-8-11-23(2)33(27)49-35/h7-8,10-13,16-19,24-25,52-53,60-61H,9,14-15,20-21H2,1-6H3,(H,44,58)(H,45,59)(H,46,54)(H,47,55). The number of aromatic nitrogens is 4. The molecule has 0 aliphatic heterocycles. The van der Waals surface area contributed by atoms with Gasteiger partial charge in [-0.25, -0.2) is 9.97 Å². The maximum absolute atomic E-state index is 14.4. The summed E-state index contributed by atoms with van der Waals surface area (Å²) in [4.78, 5) is 93.0. The maximum atomic E-state index is 14.4. The molecule has 0 bridgehead atoms. The number of aliphatic hydroxyl groups excluding tert-OH is 2. The van der Waals surface area contributed by atoms with Gasteiger partial charge in [-0.1, -0.05) is 36.4 Å². The van der Waals surface area contributed by atoms with Crippen LogP contribution in [-0.4, -0.2) is 103 Å². The number of carbonyl (C=O) groups is 4. The summed E-state index contributed by atoms with van der Waals surface area (Å²) in [5.41, 5.74) is -5.32. The number of aryl methyl sites for hydroxylation is 2. The van der Waals surface area contributed by atoms with E-state index in [1.54, 1.807) is 64.1 Å². The molecule has 18 heteroatoms. The highest BCUT2D eigenvalue weighted by Crippen LogP contribution is 2.31. The SMILES string of the molecule is CNC(=O)C(O)(CCCC(O)(C(=O)NC)n1cc(C(=O)NC(C)CO)c2nc3c(C)cccc3cc2c1=O)n1cc(C(=O)NC(C)CO)c2nc3c(C)cccc3cc2c1=O. The number of para-hydroxylation sites is 2. The molecular weight excluding hydrogens is 789 g/mol. The fraction of sp³-hybridized carbons (Fsp3) is 0.349. The van der Waals surface area contributed by atoms with E-state index in [1.165, 1.54) is 26.2 Å². The molecule has 0 aliphatic carbocycles. The summed E-state index contributed by atoms with van der Waals surface area (Å²) in [6, 6.07) is 12.1. The summed E-state index contributed by atoms with van der Waals surface area (Å²) in [7, 11) is 2.43. The second-order valence-electron chi connectivity index (χ2n) is 15.3. The first kappa shape index (κ1) is 44.0. The first-order chi connectivity index (χ1) is 28.9. The third kappa shape index (κ3) is 7.93. The van der Waals surface area contributed by atoms with Crippen molar-refractivity contribution in [3.05, 3.63) is 104 Å². The molecule has 0 aliphatic rings. The van der Waals surface area contributed by atoms with E-state index in [0.717, 1.165) is 23.5 Å². The number of amides is 4. The molecule has 6 rings (SSSR count). The summed E-state index contributed by atoms with van der Waals surface area (Å²) in [5, 5.41) is 54.8. The molecule has 320 valence electrons. The summed E-state index contributed by atoms with van der Waals surface area (Å²) in [6.45, 7) is 5.86. The monoisotopic (exact) mass is 836 g/mol. The number of benzene rings is 2. The van der Waals surface area contributed by atoms with Crippen LogP contribution in [0.25, 0.3) is 43.6 Å². The van der Waals surface area contributed by atoms with Gasteiger partial charge in [-0.15, -0.1) is 0 Å². The highest BCUT2D eigenvalue weighted by molar-refractivity contribution is 6.09. The summed E-state index contributed by atoms with van der Waals surface area (Å²) in [5.74, 6) is -3.72. The van der Waals surface area contributed by atoms with E-state index in [2.05, 4.69) is 31.2 Å². The predicted octanol–water partition coefficient (Wildman–Crippen LogP) is 0.904. The average Bonchev–Trinajstić information content (AvgIpc) is 3.25.